The Kier molecular flexibility index (Phi) is 8.21. The van der Waals surface area contributed by atoms with Gasteiger partial charge in [0, 0.05) is 44.3 Å². The Morgan fingerprint density at radius 3 is 2.57 bits per heavy atom. The second kappa shape index (κ2) is 11.7. The topological polar surface area (TPSA) is 75.5 Å². The van der Waals surface area contributed by atoms with Gasteiger partial charge in [-0.05, 0) is 56.3 Å². The lowest BCUT2D eigenvalue weighted by Crippen LogP contribution is -2.50. The van der Waals surface area contributed by atoms with E-state index < -0.39 is 34.8 Å². The van der Waals surface area contributed by atoms with E-state index in [9.17, 15) is 22.4 Å². The molecule has 0 radical (unpaired) electrons. The molecule has 1 saturated heterocycles. The number of rotatable bonds is 5. The van der Waals surface area contributed by atoms with Crippen molar-refractivity contribution in [2.45, 2.75) is 25.6 Å². The van der Waals surface area contributed by atoms with Crippen LogP contribution < -0.4 is 15.1 Å². The largest absolute Gasteiger partial charge is 0.417 e. The molecule has 1 fully saturated rings. The molecule has 13 heteroatoms. The molecule has 0 bridgehead atoms. The molecular formula is C29H27F5N6OS. The fourth-order valence-corrected chi connectivity index (χ4v) is 5.87. The second-order valence-electron chi connectivity index (χ2n) is 10.3. The zero-order valence-corrected chi connectivity index (χ0v) is 23.6. The number of piperazine rings is 1. The lowest BCUT2D eigenvalue weighted by molar-refractivity contribution is -0.138. The number of benzene rings is 2. The first-order valence-electron chi connectivity index (χ1n) is 13.2. The number of carbonyl (C=O) groups excluding carboxylic acids is 1. The average molecular weight is 603 g/mol. The first-order chi connectivity index (χ1) is 19.9. The van der Waals surface area contributed by atoms with Gasteiger partial charge >= 0.3 is 6.18 Å². The van der Waals surface area contributed by atoms with Crippen LogP contribution in [0.15, 0.2) is 42.6 Å². The highest BCUT2D eigenvalue weighted by atomic mass is 32.1. The smallest absolute Gasteiger partial charge is 0.367 e. The molecule has 3 heterocycles. The van der Waals surface area contributed by atoms with E-state index in [4.69, 9.17) is 5.26 Å². The number of hydrogen-bond donors (Lipinski definition) is 1. The maximum atomic E-state index is 15.7. The number of aromatic nitrogens is 1. The molecule has 2 aliphatic heterocycles. The van der Waals surface area contributed by atoms with E-state index >= 15 is 4.39 Å². The molecule has 2 aromatic carbocycles. The highest BCUT2D eigenvalue weighted by Crippen LogP contribution is 2.38. The van der Waals surface area contributed by atoms with Crippen LogP contribution in [0.2, 0.25) is 0 Å². The third-order valence-electron chi connectivity index (χ3n) is 7.59. The molecule has 2 aliphatic rings. The van der Waals surface area contributed by atoms with Gasteiger partial charge < -0.3 is 20.0 Å². The van der Waals surface area contributed by atoms with Gasteiger partial charge in [-0.3, -0.25) is 4.79 Å². The zero-order valence-electron chi connectivity index (χ0n) is 22.8. The predicted octanol–water partition coefficient (Wildman–Crippen LogP) is 6.00. The fraction of sp³-hybridized carbons (Fsp3) is 0.345. The normalized spacial score (nSPS) is 18.0. The summed E-state index contributed by atoms with van der Waals surface area (Å²) < 4.78 is 70.4. The minimum Gasteiger partial charge on any atom is -0.367 e. The molecule has 1 N–H and O–H groups in total. The van der Waals surface area contributed by atoms with Crippen molar-refractivity contribution < 1.29 is 26.7 Å². The van der Waals surface area contributed by atoms with E-state index in [2.05, 4.69) is 21.3 Å². The maximum Gasteiger partial charge on any atom is 0.417 e. The van der Waals surface area contributed by atoms with E-state index in [1.165, 1.54) is 29.7 Å². The van der Waals surface area contributed by atoms with Crippen LogP contribution in [-0.2, 0) is 6.18 Å². The number of nitriles is 1. The summed E-state index contributed by atoms with van der Waals surface area (Å²) >= 11 is 1.26. The van der Waals surface area contributed by atoms with Crippen molar-refractivity contribution >= 4 is 39.3 Å². The van der Waals surface area contributed by atoms with E-state index in [-0.39, 0.29) is 23.4 Å². The monoisotopic (exact) mass is 602 g/mol. The molecule has 0 unspecified atom stereocenters. The summed E-state index contributed by atoms with van der Waals surface area (Å²) in [7, 11) is 1.97. The number of anilines is 3. The van der Waals surface area contributed by atoms with Crippen LogP contribution in [0.25, 0.3) is 5.57 Å². The summed E-state index contributed by atoms with van der Waals surface area (Å²) in [5, 5.41) is 12.3. The van der Waals surface area contributed by atoms with E-state index in [0.29, 0.717) is 60.4 Å². The number of amides is 1. The molecule has 1 aromatic heterocycles. The Morgan fingerprint density at radius 1 is 1.14 bits per heavy atom. The Hall–Kier alpha value is -4.02. The number of halogens is 5. The molecule has 0 spiro atoms. The fourth-order valence-electron chi connectivity index (χ4n) is 5.13. The van der Waals surface area contributed by atoms with Crippen LogP contribution in [0, 0.1) is 23.0 Å². The summed E-state index contributed by atoms with van der Waals surface area (Å²) in [6.07, 6.45) is -1.19. The molecule has 1 amide bonds. The molecule has 0 aliphatic carbocycles. The van der Waals surface area contributed by atoms with Crippen LogP contribution >= 0.6 is 11.3 Å². The van der Waals surface area contributed by atoms with Crippen molar-refractivity contribution in [1.29, 1.82) is 5.26 Å². The van der Waals surface area contributed by atoms with Gasteiger partial charge in [-0.25, -0.2) is 13.8 Å². The van der Waals surface area contributed by atoms with E-state index in [1.54, 1.807) is 0 Å². The number of nitrogens with one attached hydrogen (secondary N) is 1. The van der Waals surface area contributed by atoms with Gasteiger partial charge in [-0.1, -0.05) is 17.4 Å². The first kappa shape index (κ1) is 29.5. The molecule has 220 valence electrons. The zero-order chi connectivity index (χ0) is 30.2. The third kappa shape index (κ3) is 6.10. The quantitative estimate of drug-likeness (QED) is 0.362. The molecule has 3 aromatic rings. The standard InChI is InChI=1S/C29H27F5N6OS/c1-17-16-40(10-9-38(17)2)26-13-24(31)22(18-5-7-39(8-6-18)28-36-15-20(14-35)42-28)12-25(26)37-27(41)21-4-3-19(30)11-23(21)29(32,33)34/h3-5,11-13,15,17H,6-10,16H2,1-2H3,(H,37,41)/t17-/m0/s1. The highest BCUT2D eigenvalue weighted by Gasteiger charge is 2.36. The van der Waals surface area contributed by atoms with Crippen molar-refractivity contribution in [2.24, 2.45) is 0 Å². The van der Waals surface area contributed by atoms with Crippen LogP contribution in [0.1, 0.15) is 39.7 Å². The van der Waals surface area contributed by atoms with Crippen LogP contribution in [-0.4, -0.2) is 61.6 Å². The van der Waals surface area contributed by atoms with Gasteiger partial charge in [0.15, 0.2) is 5.13 Å². The van der Waals surface area contributed by atoms with Crippen molar-refractivity contribution in [2.75, 3.05) is 54.9 Å². The number of carbonyl (C=O) groups is 1. The van der Waals surface area contributed by atoms with Gasteiger partial charge in [0.25, 0.3) is 5.91 Å². The average Bonchev–Trinajstić information content (AvgIpc) is 3.44. The summed E-state index contributed by atoms with van der Waals surface area (Å²) in [5.74, 6) is -2.72. The Labute approximate surface area is 243 Å². The summed E-state index contributed by atoms with van der Waals surface area (Å²) in [6.45, 7) is 4.62. The number of alkyl halides is 3. The molecule has 42 heavy (non-hydrogen) atoms. The predicted molar refractivity (Wildman–Crippen MR) is 152 cm³/mol. The van der Waals surface area contributed by atoms with Crippen molar-refractivity contribution in [3.63, 3.8) is 0 Å². The molecule has 5 rings (SSSR count). The number of thiazole rings is 1. The van der Waals surface area contributed by atoms with Crippen molar-refractivity contribution in [1.82, 2.24) is 9.88 Å². The summed E-state index contributed by atoms with van der Waals surface area (Å²) in [4.78, 5) is 24.0. The van der Waals surface area contributed by atoms with Crippen molar-refractivity contribution in [3.05, 3.63) is 75.8 Å². The second-order valence-corrected chi connectivity index (χ2v) is 11.3. The Bertz CT molecular complexity index is 1580. The Morgan fingerprint density at radius 2 is 1.93 bits per heavy atom. The molecule has 0 saturated carbocycles. The van der Waals surface area contributed by atoms with Crippen LogP contribution in [0.3, 0.4) is 0 Å². The number of hydrogen-bond acceptors (Lipinski definition) is 7. The third-order valence-corrected chi connectivity index (χ3v) is 8.56. The van der Waals surface area contributed by atoms with Crippen LogP contribution in [0.5, 0.6) is 0 Å². The molecular weight excluding hydrogens is 575 g/mol. The minimum absolute atomic E-state index is 0.110. The number of nitrogens with zero attached hydrogens (tertiary/aromatic N) is 5. The minimum atomic E-state index is -4.96. The SMILES string of the molecule is C[C@H]1CN(c2cc(F)c(C3=CCN(c4ncc(C#N)s4)CC3)cc2NC(=O)c2ccc(F)cc2C(F)(F)F)CCN1C. The van der Waals surface area contributed by atoms with E-state index in [1.807, 2.05) is 29.8 Å². The number of likely N-dealkylation sites (N-methyl/N-ethyl adjacent to an activating group) is 1. The van der Waals surface area contributed by atoms with Gasteiger partial charge in [0.05, 0.1) is 28.7 Å². The first-order valence-corrected chi connectivity index (χ1v) is 14.0. The maximum absolute atomic E-state index is 15.7. The lowest BCUT2D eigenvalue weighted by Gasteiger charge is -2.40. The molecule has 1 atom stereocenters. The highest BCUT2D eigenvalue weighted by molar-refractivity contribution is 7.16. The van der Waals surface area contributed by atoms with Crippen molar-refractivity contribution in [3.8, 4) is 6.07 Å². The van der Waals surface area contributed by atoms with Gasteiger partial charge in [-0.15, -0.1) is 0 Å². The van der Waals surface area contributed by atoms with Crippen LogP contribution in [0.4, 0.5) is 38.5 Å². The Balaban J connectivity index is 1.50. The van der Waals surface area contributed by atoms with E-state index in [0.717, 1.165) is 12.1 Å². The van der Waals surface area contributed by atoms with Gasteiger partial charge in [0.1, 0.15) is 22.6 Å². The summed E-state index contributed by atoms with van der Waals surface area (Å²) in [5.41, 5.74) is -0.720. The van der Waals surface area contributed by atoms with Gasteiger partial charge in [-0.2, -0.15) is 18.4 Å². The molecule has 7 nitrogen and oxygen atoms in total. The van der Waals surface area contributed by atoms with Gasteiger partial charge in [0.2, 0.25) is 0 Å². The lowest BCUT2D eigenvalue weighted by atomic mass is 9.97. The summed E-state index contributed by atoms with van der Waals surface area (Å²) in [6, 6.07) is 6.81.